The molecule has 0 aliphatic carbocycles. The summed E-state index contributed by atoms with van der Waals surface area (Å²) in [6, 6.07) is 12.3. The van der Waals surface area contributed by atoms with Crippen LogP contribution < -0.4 is 16.2 Å². The molecule has 2 amide bonds. The van der Waals surface area contributed by atoms with Crippen LogP contribution >= 0.6 is 0 Å². The monoisotopic (exact) mass is 368 g/mol. The maximum absolute atomic E-state index is 12.9. The molecule has 138 valence electrons. The van der Waals surface area contributed by atoms with E-state index in [2.05, 4.69) is 15.7 Å². The Balaban J connectivity index is 1.84. The van der Waals surface area contributed by atoms with E-state index in [0.29, 0.717) is 10.8 Å². The highest BCUT2D eigenvalue weighted by molar-refractivity contribution is 6.04. The number of halogens is 1. The van der Waals surface area contributed by atoms with Crippen molar-refractivity contribution in [3.8, 4) is 0 Å². The number of nitrogens with zero attached hydrogens (tertiary/aromatic N) is 2. The molecule has 0 spiro atoms. The van der Waals surface area contributed by atoms with Crippen LogP contribution in [0.3, 0.4) is 0 Å². The van der Waals surface area contributed by atoms with E-state index in [1.807, 2.05) is 0 Å². The van der Waals surface area contributed by atoms with Gasteiger partial charge in [0.15, 0.2) is 5.69 Å². The summed E-state index contributed by atoms with van der Waals surface area (Å²) in [4.78, 5) is 36.9. The van der Waals surface area contributed by atoms with E-state index < -0.39 is 17.4 Å². The van der Waals surface area contributed by atoms with Crippen molar-refractivity contribution in [1.29, 1.82) is 0 Å². The number of hydrogen-bond acceptors (Lipinski definition) is 4. The Bertz CT molecular complexity index is 1060. The molecule has 0 aliphatic heterocycles. The van der Waals surface area contributed by atoms with Gasteiger partial charge in [-0.3, -0.25) is 14.4 Å². The van der Waals surface area contributed by atoms with E-state index >= 15 is 0 Å². The number of carbonyl (C=O) groups excluding carboxylic acids is 2. The number of fused-ring (bicyclic) bond motifs is 1. The number of hydrogen-bond donors (Lipinski definition) is 2. The van der Waals surface area contributed by atoms with Crippen LogP contribution in [0.15, 0.2) is 53.3 Å². The van der Waals surface area contributed by atoms with Gasteiger partial charge in [-0.1, -0.05) is 30.3 Å². The third-order valence-corrected chi connectivity index (χ3v) is 4.01. The van der Waals surface area contributed by atoms with E-state index in [4.69, 9.17) is 0 Å². The van der Waals surface area contributed by atoms with Gasteiger partial charge in [0, 0.05) is 19.0 Å². The highest BCUT2D eigenvalue weighted by atomic mass is 19.1. The molecular weight excluding hydrogens is 351 g/mol. The molecule has 27 heavy (non-hydrogen) atoms. The third-order valence-electron chi connectivity index (χ3n) is 4.01. The van der Waals surface area contributed by atoms with Crippen LogP contribution in [0.4, 0.5) is 4.39 Å². The van der Waals surface area contributed by atoms with E-state index in [1.165, 1.54) is 19.2 Å². The lowest BCUT2D eigenvalue weighted by Crippen LogP contribution is -2.35. The van der Waals surface area contributed by atoms with E-state index in [1.54, 1.807) is 36.4 Å². The molecule has 0 unspecified atom stereocenters. The minimum atomic E-state index is -0.463. The zero-order chi connectivity index (χ0) is 19.4. The van der Waals surface area contributed by atoms with Gasteiger partial charge in [0.25, 0.3) is 11.5 Å². The minimum Gasteiger partial charge on any atom is -0.354 e. The molecule has 3 aromatic rings. The van der Waals surface area contributed by atoms with Gasteiger partial charge >= 0.3 is 0 Å². The van der Waals surface area contributed by atoms with Crippen LogP contribution in [0, 0.1) is 5.82 Å². The van der Waals surface area contributed by atoms with E-state index in [-0.39, 0.29) is 24.6 Å². The predicted molar refractivity (Wildman–Crippen MR) is 97.6 cm³/mol. The summed E-state index contributed by atoms with van der Waals surface area (Å²) < 4.78 is 13.9. The molecule has 0 bridgehead atoms. The van der Waals surface area contributed by atoms with E-state index in [0.717, 1.165) is 10.2 Å². The molecule has 8 heteroatoms. The lowest BCUT2D eigenvalue weighted by molar-refractivity contribution is -0.122. The first-order chi connectivity index (χ1) is 13.0. The number of benzene rings is 2. The van der Waals surface area contributed by atoms with Crippen molar-refractivity contribution >= 4 is 22.6 Å². The van der Waals surface area contributed by atoms with Crippen LogP contribution in [0.2, 0.25) is 0 Å². The number of carbonyl (C=O) groups is 2. The standard InChI is InChI=1S/C19H17FN4O3/c1-21-18(26)17-14-4-2-3-5-15(14)19(27)24(23-17)11-16(25)22-10-12-6-8-13(20)9-7-12/h2-9H,10-11H2,1H3,(H,21,26)(H,22,25). The minimum absolute atomic E-state index is 0.0686. The van der Waals surface area contributed by atoms with Gasteiger partial charge in [-0.05, 0) is 23.8 Å². The molecule has 0 atom stereocenters. The fraction of sp³-hybridized carbons (Fsp3) is 0.158. The molecule has 0 fully saturated rings. The fourth-order valence-corrected chi connectivity index (χ4v) is 2.62. The van der Waals surface area contributed by atoms with Crippen molar-refractivity contribution in [2.45, 2.75) is 13.1 Å². The maximum atomic E-state index is 12.9. The lowest BCUT2D eigenvalue weighted by Gasteiger charge is -2.10. The second-order valence-electron chi connectivity index (χ2n) is 5.84. The second-order valence-corrected chi connectivity index (χ2v) is 5.84. The van der Waals surface area contributed by atoms with Crippen LogP contribution in [0.1, 0.15) is 16.1 Å². The van der Waals surface area contributed by atoms with Crippen LogP contribution in [0.5, 0.6) is 0 Å². The SMILES string of the molecule is CNC(=O)c1nn(CC(=O)NCc2ccc(F)cc2)c(=O)c2ccccc12. The van der Waals surface area contributed by atoms with Gasteiger partial charge in [0.05, 0.1) is 5.39 Å². The molecule has 2 N–H and O–H groups in total. The predicted octanol–water partition coefficient (Wildman–Crippen LogP) is 1.21. The largest absolute Gasteiger partial charge is 0.354 e. The molecule has 7 nitrogen and oxygen atoms in total. The first-order valence-electron chi connectivity index (χ1n) is 8.22. The average Bonchev–Trinajstić information content (AvgIpc) is 2.69. The summed E-state index contributed by atoms with van der Waals surface area (Å²) in [6.45, 7) is -0.154. The van der Waals surface area contributed by atoms with Crippen LogP contribution in [-0.2, 0) is 17.9 Å². The second kappa shape index (κ2) is 7.77. The topological polar surface area (TPSA) is 93.1 Å². The summed E-state index contributed by atoms with van der Waals surface area (Å²) >= 11 is 0. The lowest BCUT2D eigenvalue weighted by atomic mass is 10.1. The highest BCUT2D eigenvalue weighted by Crippen LogP contribution is 2.13. The zero-order valence-corrected chi connectivity index (χ0v) is 14.5. The zero-order valence-electron chi connectivity index (χ0n) is 14.5. The molecule has 1 heterocycles. The summed E-state index contributed by atoms with van der Waals surface area (Å²) in [7, 11) is 1.46. The Morgan fingerprint density at radius 1 is 1.07 bits per heavy atom. The quantitative estimate of drug-likeness (QED) is 0.708. The smallest absolute Gasteiger partial charge is 0.275 e. The van der Waals surface area contributed by atoms with Gasteiger partial charge in [-0.15, -0.1) is 0 Å². The van der Waals surface area contributed by atoms with Crippen LogP contribution in [-0.4, -0.2) is 28.6 Å². The van der Waals surface area contributed by atoms with Crippen molar-refractivity contribution in [2.75, 3.05) is 7.05 Å². The highest BCUT2D eigenvalue weighted by Gasteiger charge is 2.16. The van der Waals surface area contributed by atoms with Gasteiger partial charge in [-0.25, -0.2) is 9.07 Å². The summed E-state index contributed by atoms with van der Waals surface area (Å²) in [5, 5.41) is 9.90. The number of aromatic nitrogens is 2. The fourth-order valence-electron chi connectivity index (χ4n) is 2.62. The van der Waals surface area contributed by atoms with Crippen molar-refractivity contribution in [3.05, 3.63) is 76.0 Å². The summed E-state index contributed by atoms with van der Waals surface area (Å²) in [6.07, 6.45) is 0. The Morgan fingerprint density at radius 3 is 2.41 bits per heavy atom. The Morgan fingerprint density at radius 2 is 1.74 bits per heavy atom. The maximum Gasteiger partial charge on any atom is 0.275 e. The number of nitrogens with one attached hydrogen (secondary N) is 2. The molecule has 0 saturated heterocycles. The normalized spacial score (nSPS) is 10.6. The molecule has 3 rings (SSSR count). The van der Waals surface area contributed by atoms with Crippen molar-refractivity contribution < 1.29 is 14.0 Å². The first kappa shape index (κ1) is 18.2. The molecule has 2 aromatic carbocycles. The van der Waals surface area contributed by atoms with Crippen molar-refractivity contribution in [1.82, 2.24) is 20.4 Å². The molecule has 0 aliphatic rings. The van der Waals surface area contributed by atoms with Crippen LogP contribution in [0.25, 0.3) is 10.8 Å². The molecular formula is C19H17FN4O3. The summed E-state index contributed by atoms with van der Waals surface area (Å²) in [5.74, 6) is -1.27. The Labute approximate surface area is 153 Å². The van der Waals surface area contributed by atoms with Gasteiger partial charge in [-0.2, -0.15) is 5.10 Å². The van der Waals surface area contributed by atoms with Gasteiger partial charge in [0.1, 0.15) is 12.4 Å². The third kappa shape index (κ3) is 4.00. The Hall–Kier alpha value is -3.55. The van der Waals surface area contributed by atoms with Crippen molar-refractivity contribution in [2.24, 2.45) is 0 Å². The van der Waals surface area contributed by atoms with Crippen molar-refractivity contribution in [3.63, 3.8) is 0 Å². The van der Waals surface area contributed by atoms with Gasteiger partial charge in [0.2, 0.25) is 5.91 Å². The molecule has 0 saturated carbocycles. The van der Waals surface area contributed by atoms with E-state index in [9.17, 15) is 18.8 Å². The van der Waals surface area contributed by atoms with Gasteiger partial charge < -0.3 is 10.6 Å². The number of rotatable bonds is 5. The average molecular weight is 368 g/mol. The summed E-state index contributed by atoms with van der Waals surface area (Å²) in [5.41, 5.74) is 0.323. The first-order valence-corrected chi connectivity index (χ1v) is 8.22. The number of amides is 2. The molecule has 0 radical (unpaired) electrons. The molecule has 1 aromatic heterocycles. The Kier molecular flexibility index (Phi) is 5.25.